The smallest absolute Gasteiger partial charge is 0.264 e. The summed E-state index contributed by atoms with van der Waals surface area (Å²) in [7, 11) is -2.17. The standard InChI is InChI=1S/C20H25N3O3S/c1-23(18-5-3-2-4-6-18)27(25,26)19-13-7-15(8-14-19)20(24)22-17-11-9-16(21)10-12-17/h2-8,13-14,16-17H,9-12,21H2,1H3,(H,22,24). The first-order valence-corrected chi connectivity index (χ1v) is 10.5. The first-order valence-electron chi connectivity index (χ1n) is 9.08. The number of sulfonamides is 1. The van der Waals surface area contributed by atoms with Crippen LogP contribution in [0.1, 0.15) is 36.0 Å². The fourth-order valence-corrected chi connectivity index (χ4v) is 4.44. The van der Waals surface area contributed by atoms with Crippen LogP contribution >= 0.6 is 0 Å². The zero-order valence-corrected chi connectivity index (χ0v) is 16.2. The van der Waals surface area contributed by atoms with Crippen molar-refractivity contribution in [3.63, 3.8) is 0 Å². The van der Waals surface area contributed by atoms with Gasteiger partial charge in [-0.3, -0.25) is 9.10 Å². The maximum absolute atomic E-state index is 12.8. The van der Waals surface area contributed by atoms with Crippen molar-refractivity contribution in [2.45, 2.75) is 42.7 Å². The fourth-order valence-electron chi connectivity index (χ4n) is 3.25. The molecule has 144 valence electrons. The second-order valence-corrected chi connectivity index (χ2v) is 8.89. The molecule has 6 nitrogen and oxygen atoms in total. The average Bonchev–Trinajstić information content (AvgIpc) is 2.70. The first kappa shape index (κ1) is 19.4. The predicted molar refractivity (Wildman–Crippen MR) is 106 cm³/mol. The molecule has 0 atom stereocenters. The summed E-state index contributed by atoms with van der Waals surface area (Å²) in [6.45, 7) is 0. The lowest BCUT2D eigenvalue weighted by Crippen LogP contribution is -2.40. The molecule has 2 aromatic carbocycles. The van der Waals surface area contributed by atoms with E-state index in [0.29, 0.717) is 11.3 Å². The highest BCUT2D eigenvalue weighted by Gasteiger charge is 2.23. The minimum atomic E-state index is -3.68. The molecule has 1 aliphatic carbocycles. The van der Waals surface area contributed by atoms with E-state index in [0.717, 1.165) is 25.7 Å². The van der Waals surface area contributed by atoms with E-state index in [-0.39, 0.29) is 22.9 Å². The van der Waals surface area contributed by atoms with Crippen molar-refractivity contribution in [2.75, 3.05) is 11.4 Å². The number of benzene rings is 2. The van der Waals surface area contributed by atoms with Gasteiger partial charge in [-0.25, -0.2) is 8.42 Å². The number of nitrogens with one attached hydrogen (secondary N) is 1. The van der Waals surface area contributed by atoms with Gasteiger partial charge >= 0.3 is 0 Å². The van der Waals surface area contributed by atoms with Crippen LogP contribution in [0, 0.1) is 0 Å². The Kier molecular flexibility index (Phi) is 5.82. The number of hydrogen-bond acceptors (Lipinski definition) is 4. The Labute approximate surface area is 160 Å². The van der Waals surface area contributed by atoms with E-state index in [1.807, 2.05) is 6.07 Å². The van der Waals surface area contributed by atoms with Gasteiger partial charge in [0.05, 0.1) is 10.6 Å². The lowest BCUT2D eigenvalue weighted by molar-refractivity contribution is 0.0926. The summed E-state index contributed by atoms with van der Waals surface area (Å²) in [6.07, 6.45) is 3.57. The quantitative estimate of drug-likeness (QED) is 0.824. The Balaban J connectivity index is 1.70. The third-order valence-corrected chi connectivity index (χ3v) is 6.80. The van der Waals surface area contributed by atoms with Gasteiger partial charge in [-0.15, -0.1) is 0 Å². The van der Waals surface area contributed by atoms with Crippen LogP contribution in [0.15, 0.2) is 59.5 Å². The van der Waals surface area contributed by atoms with Gasteiger partial charge in [0.15, 0.2) is 0 Å². The van der Waals surface area contributed by atoms with Gasteiger partial charge in [-0.1, -0.05) is 18.2 Å². The minimum absolute atomic E-state index is 0.130. The molecular weight excluding hydrogens is 362 g/mol. The molecule has 1 fully saturated rings. The molecule has 0 heterocycles. The van der Waals surface area contributed by atoms with Crippen molar-refractivity contribution in [1.29, 1.82) is 0 Å². The maximum Gasteiger partial charge on any atom is 0.264 e. The zero-order chi connectivity index (χ0) is 19.4. The average molecular weight is 388 g/mol. The highest BCUT2D eigenvalue weighted by atomic mass is 32.2. The molecule has 0 spiro atoms. The Hall–Kier alpha value is -2.38. The summed E-state index contributed by atoms with van der Waals surface area (Å²) in [6, 6.07) is 15.3. The van der Waals surface area contributed by atoms with Crippen molar-refractivity contribution < 1.29 is 13.2 Å². The molecule has 27 heavy (non-hydrogen) atoms. The highest BCUT2D eigenvalue weighted by molar-refractivity contribution is 7.92. The Morgan fingerprint density at radius 2 is 1.59 bits per heavy atom. The normalized spacial score (nSPS) is 20.1. The molecule has 0 radical (unpaired) electrons. The molecule has 0 saturated heterocycles. The second kappa shape index (κ2) is 8.10. The molecule has 2 aromatic rings. The topological polar surface area (TPSA) is 92.5 Å². The molecule has 3 rings (SSSR count). The van der Waals surface area contributed by atoms with Gasteiger partial charge in [0.2, 0.25) is 0 Å². The van der Waals surface area contributed by atoms with Crippen LogP contribution in [0.5, 0.6) is 0 Å². The lowest BCUT2D eigenvalue weighted by atomic mass is 9.91. The van der Waals surface area contributed by atoms with Gasteiger partial charge in [-0.05, 0) is 62.1 Å². The van der Waals surface area contributed by atoms with Crippen molar-refractivity contribution >= 4 is 21.6 Å². The van der Waals surface area contributed by atoms with Crippen LogP contribution in [0.3, 0.4) is 0 Å². The number of nitrogens with two attached hydrogens (primary N) is 1. The number of nitrogens with zero attached hydrogens (tertiary/aromatic N) is 1. The van der Waals surface area contributed by atoms with Crippen LogP contribution in [-0.4, -0.2) is 33.5 Å². The number of anilines is 1. The second-order valence-electron chi connectivity index (χ2n) is 6.92. The highest BCUT2D eigenvalue weighted by Crippen LogP contribution is 2.22. The molecule has 0 aromatic heterocycles. The summed E-state index contributed by atoms with van der Waals surface area (Å²) in [5.74, 6) is -0.184. The van der Waals surface area contributed by atoms with E-state index in [1.165, 1.54) is 23.5 Å². The summed E-state index contributed by atoms with van der Waals surface area (Å²) >= 11 is 0. The van der Waals surface area contributed by atoms with E-state index in [1.54, 1.807) is 36.4 Å². The van der Waals surface area contributed by atoms with E-state index >= 15 is 0 Å². The van der Waals surface area contributed by atoms with Crippen LogP contribution in [0.4, 0.5) is 5.69 Å². The van der Waals surface area contributed by atoms with Crippen molar-refractivity contribution in [2.24, 2.45) is 5.73 Å². The van der Waals surface area contributed by atoms with E-state index < -0.39 is 10.0 Å². The van der Waals surface area contributed by atoms with Crippen LogP contribution < -0.4 is 15.4 Å². The SMILES string of the molecule is CN(c1ccccc1)S(=O)(=O)c1ccc(C(=O)NC2CCC(N)CC2)cc1. The minimum Gasteiger partial charge on any atom is -0.349 e. The number of amides is 1. The molecule has 1 amide bonds. The summed E-state index contributed by atoms with van der Waals surface area (Å²) in [4.78, 5) is 12.6. The zero-order valence-electron chi connectivity index (χ0n) is 15.3. The lowest BCUT2D eigenvalue weighted by Gasteiger charge is -2.26. The number of rotatable bonds is 5. The predicted octanol–water partition coefficient (Wildman–Crippen LogP) is 2.51. The molecule has 1 saturated carbocycles. The number of carbonyl (C=O) groups is 1. The third kappa shape index (κ3) is 4.48. The molecule has 0 bridgehead atoms. The van der Waals surface area contributed by atoms with Crippen molar-refractivity contribution in [3.8, 4) is 0 Å². The van der Waals surface area contributed by atoms with Crippen molar-refractivity contribution in [1.82, 2.24) is 5.32 Å². The molecule has 1 aliphatic rings. The monoisotopic (exact) mass is 387 g/mol. The molecule has 7 heteroatoms. The molecule has 0 aliphatic heterocycles. The number of carbonyl (C=O) groups excluding carboxylic acids is 1. The van der Waals surface area contributed by atoms with E-state index in [2.05, 4.69) is 5.32 Å². The van der Waals surface area contributed by atoms with Crippen LogP contribution in [-0.2, 0) is 10.0 Å². The fraction of sp³-hybridized carbons (Fsp3) is 0.350. The molecule has 3 N–H and O–H groups in total. The van der Waals surface area contributed by atoms with Crippen molar-refractivity contribution in [3.05, 3.63) is 60.2 Å². The number of para-hydroxylation sites is 1. The first-order chi connectivity index (χ1) is 12.9. The third-order valence-electron chi connectivity index (χ3n) is 5.00. The largest absolute Gasteiger partial charge is 0.349 e. The van der Waals surface area contributed by atoms with E-state index in [4.69, 9.17) is 5.73 Å². The van der Waals surface area contributed by atoms with Crippen LogP contribution in [0.25, 0.3) is 0 Å². The van der Waals surface area contributed by atoms with Gasteiger partial charge in [0, 0.05) is 24.7 Å². The number of hydrogen-bond donors (Lipinski definition) is 2. The van der Waals surface area contributed by atoms with Gasteiger partial charge in [0.25, 0.3) is 15.9 Å². The maximum atomic E-state index is 12.8. The Morgan fingerprint density at radius 3 is 2.19 bits per heavy atom. The van der Waals surface area contributed by atoms with Crippen LogP contribution in [0.2, 0.25) is 0 Å². The van der Waals surface area contributed by atoms with Gasteiger partial charge in [-0.2, -0.15) is 0 Å². The summed E-state index contributed by atoms with van der Waals surface area (Å²) < 4.78 is 26.8. The van der Waals surface area contributed by atoms with E-state index in [9.17, 15) is 13.2 Å². The Bertz CT molecular complexity index is 874. The Morgan fingerprint density at radius 1 is 1.00 bits per heavy atom. The molecular formula is C20H25N3O3S. The molecule has 0 unspecified atom stereocenters. The summed E-state index contributed by atoms with van der Waals surface area (Å²) in [5.41, 5.74) is 6.92. The summed E-state index contributed by atoms with van der Waals surface area (Å²) in [5, 5.41) is 3.01. The van der Waals surface area contributed by atoms with Gasteiger partial charge in [0.1, 0.15) is 0 Å². The van der Waals surface area contributed by atoms with Gasteiger partial charge < -0.3 is 11.1 Å².